The molecule has 4 rings (SSSR count). The van der Waals surface area contributed by atoms with Gasteiger partial charge in [-0.3, -0.25) is 4.90 Å². The maximum absolute atomic E-state index is 3.90. The molecule has 24 heavy (non-hydrogen) atoms. The summed E-state index contributed by atoms with van der Waals surface area (Å²) in [6.07, 6.45) is 4.15. The molecule has 132 valence electrons. The van der Waals surface area contributed by atoms with Crippen LogP contribution in [0.5, 0.6) is 0 Å². The smallest absolute Gasteiger partial charge is 0.0195 e. The predicted octanol–water partition coefficient (Wildman–Crippen LogP) is 2.94. The van der Waals surface area contributed by atoms with E-state index in [0.717, 1.165) is 5.92 Å². The second kappa shape index (κ2) is 6.44. The van der Waals surface area contributed by atoms with Crippen LogP contribution in [0.15, 0.2) is 30.3 Å². The Morgan fingerprint density at radius 3 is 2.54 bits per heavy atom. The van der Waals surface area contributed by atoms with E-state index in [4.69, 9.17) is 0 Å². The van der Waals surface area contributed by atoms with Crippen LogP contribution in [0, 0.1) is 5.41 Å². The zero-order valence-corrected chi connectivity index (χ0v) is 15.5. The highest BCUT2D eigenvalue weighted by Gasteiger charge is 2.47. The fraction of sp³-hybridized carbons (Fsp3) is 0.714. The van der Waals surface area contributed by atoms with Gasteiger partial charge in [-0.05, 0) is 51.1 Å². The summed E-state index contributed by atoms with van der Waals surface area (Å²) in [4.78, 5) is 5.26. The van der Waals surface area contributed by atoms with Crippen molar-refractivity contribution in [2.24, 2.45) is 5.41 Å². The van der Waals surface area contributed by atoms with Crippen molar-refractivity contribution in [3.05, 3.63) is 35.9 Å². The molecule has 1 aliphatic heterocycles. The van der Waals surface area contributed by atoms with Crippen LogP contribution in [-0.4, -0.2) is 61.2 Å². The largest absolute Gasteiger partial charge is 0.313 e. The average molecular weight is 328 g/mol. The topological polar surface area (TPSA) is 18.5 Å². The molecule has 4 atom stereocenters. The van der Waals surface area contributed by atoms with Crippen molar-refractivity contribution < 1.29 is 0 Å². The van der Waals surface area contributed by atoms with Crippen molar-refractivity contribution in [2.45, 2.75) is 57.2 Å². The van der Waals surface area contributed by atoms with Gasteiger partial charge in [-0.25, -0.2) is 0 Å². The fourth-order valence-electron chi connectivity index (χ4n) is 4.43. The Balaban J connectivity index is 1.27. The first-order valence-electron chi connectivity index (χ1n) is 9.79. The molecule has 0 spiro atoms. The fourth-order valence-corrected chi connectivity index (χ4v) is 4.43. The number of nitrogens with zero attached hydrogens (tertiary/aromatic N) is 2. The van der Waals surface area contributed by atoms with Gasteiger partial charge in [-0.2, -0.15) is 0 Å². The normalized spacial score (nSPS) is 35.8. The van der Waals surface area contributed by atoms with Gasteiger partial charge >= 0.3 is 0 Å². The van der Waals surface area contributed by atoms with E-state index in [-0.39, 0.29) is 0 Å². The van der Waals surface area contributed by atoms with Gasteiger partial charge in [0, 0.05) is 50.2 Å². The SMILES string of the molecule is C[C@@H]1CN(CC2(CN[C@H]3CC3c3ccccc3)CC2)[C@@H](C)CN1C. The van der Waals surface area contributed by atoms with Crippen LogP contribution < -0.4 is 5.32 Å². The lowest BCUT2D eigenvalue weighted by molar-refractivity contribution is 0.0449. The number of hydrogen-bond donors (Lipinski definition) is 1. The maximum Gasteiger partial charge on any atom is 0.0195 e. The van der Waals surface area contributed by atoms with E-state index in [1.165, 1.54) is 51.0 Å². The van der Waals surface area contributed by atoms with Crippen LogP contribution in [0.2, 0.25) is 0 Å². The third-order valence-corrected chi connectivity index (χ3v) is 6.68. The van der Waals surface area contributed by atoms with E-state index in [1.54, 1.807) is 0 Å². The van der Waals surface area contributed by atoms with Gasteiger partial charge in [0.15, 0.2) is 0 Å². The molecular formula is C21H33N3. The van der Waals surface area contributed by atoms with E-state index >= 15 is 0 Å². The van der Waals surface area contributed by atoms with Crippen LogP contribution in [0.3, 0.4) is 0 Å². The van der Waals surface area contributed by atoms with E-state index in [9.17, 15) is 0 Å². The third-order valence-electron chi connectivity index (χ3n) is 6.68. The lowest BCUT2D eigenvalue weighted by atomic mass is 10.0. The van der Waals surface area contributed by atoms with Gasteiger partial charge < -0.3 is 10.2 Å². The molecule has 0 aromatic heterocycles. The molecule has 1 unspecified atom stereocenters. The summed E-state index contributed by atoms with van der Waals surface area (Å²) in [5, 5.41) is 3.90. The van der Waals surface area contributed by atoms with E-state index in [1.807, 2.05) is 0 Å². The van der Waals surface area contributed by atoms with E-state index < -0.39 is 0 Å². The Morgan fingerprint density at radius 1 is 1.08 bits per heavy atom. The van der Waals surface area contributed by atoms with Gasteiger partial charge in [0.2, 0.25) is 0 Å². The lowest BCUT2D eigenvalue weighted by Crippen LogP contribution is -2.56. The number of piperazine rings is 1. The van der Waals surface area contributed by atoms with Crippen molar-refractivity contribution >= 4 is 0 Å². The summed E-state index contributed by atoms with van der Waals surface area (Å²) in [6, 6.07) is 13.1. The highest BCUT2D eigenvalue weighted by atomic mass is 15.3. The molecule has 0 amide bonds. The summed E-state index contributed by atoms with van der Waals surface area (Å²) >= 11 is 0. The second-order valence-corrected chi connectivity index (χ2v) is 8.81. The number of rotatable bonds is 6. The molecule has 2 saturated carbocycles. The minimum absolute atomic E-state index is 0.563. The minimum atomic E-state index is 0.563. The van der Waals surface area contributed by atoms with Gasteiger partial charge in [0.05, 0.1) is 0 Å². The Labute approximate surface area is 147 Å². The molecule has 1 aromatic rings. The molecule has 3 aliphatic rings. The lowest BCUT2D eigenvalue weighted by Gasteiger charge is -2.44. The molecule has 1 saturated heterocycles. The van der Waals surface area contributed by atoms with Crippen LogP contribution in [-0.2, 0) is 0 Å². The molecule has 1 aromatic carbocycles. The second-order valence-electron chi connectivity index (χ2n) is 8.81. The van der Waals surface area contributed by atoms with Crippen molar-refractivity contribution in [1.82, 2.24) is 15.1 Å². The van der Waals surface area contributed by atoms with Crippen LogP contribution in [0.25, 0.3) is 0 Å². The molecule has 0 bridgehead atoms. The molecule has 0 radical (unpaired) electrons. The maximum atomic E-state index is 3.90. The van der Waals surface area contributed by atoms with Gasteiger partial charge in [-0.15, -0.1) is 0 Å². The van der Waals surface area contributed by atoms with Crippen LogP contribution in [0.4, 0.5) is 0 Å². The quantitative estimate of drug-likeness (QED) is 0.867. The number of benzene rings is 1. The Bertz CT molecular complexity index is 553. The zero-order valence-electron chi connectivity index (χ0n) is 15.5. The van der Waals surface area contributed by atoms with E-state index in [2.05, 4.69) is 66.3 Å². The monoisotopic (exact) mass is 327 g/mol. The molecule has 3 fully saturated rings. The molecule has 3 heteroatoms. The van der Waals surface area contributed by atoms with Gasteiger partial charge in [-0.1, -0.05) is 30.3 Å². The number of nitrogens with one attached hydrogen (secondary N) is 1. The molecule has 1 heterocycles. The first-order valence-corrected chi connectivity index (χ1v) is 9.79. The first kappa shape index (κ1) is 16.6. The highest BCUT2D eigenvalue weighted by molar-refractivity contribution is 5.27. The van der Waals surface area contributed by atoms with Crippen molar-refractivity contribution in [3.63, 3.8) is 0 Å². The van der Waals surface area contributed by atoms with E-state index in [0.29, 0.717) is 23.5 Å². The highest BCUT2D eigenvalue weighted by Crippen LogP contribution is 2.48. The Kier molecular flexibility index (Phi) is 4.44. The Hall–Kier alpha value is -0.900. The molecule has 2 aliphatic carbocycles. The summed E-state index contributed by atoms with van der Waals surface area (Å²) in [7, 11) is 2.27. The first-order chi connectivity index (χ1) is 11.6. The zero-order chi connectivity index (χ0) is 16.7. The standard InChI is InChI=1S/C21H33N3/c1-16-13-24(17(2)12-23(16)3)15-21(9-10-21)14-22-20-11-19(20)18-7-5-4-6-8-18/h4-8,16-17,19-20,22H,9-15H2,1-3H3/t16-,17+,19?,20+/m1/s1. The predicted molar refractivity (Wildman–Crippen MR) is 100 cm³/mol. The summed E-state index contributed by atoms with van der Waals surface area (Å²) in [6.45, 7) is 9.72. The van der Waals surface area contributed by atoms with Crippen molar-refractivity contribution in [2.75, 3.05) is 33.2 Å². The molecule has 1 N–H and O–H groups in total. The molecular weight excluding hydrogens is 294 g/mol. The summed E-state index contributed by atoms with van der Waals surface area (Å²) in [5.74, 6) is 0.754. The summed E-state index contributed by atoms with van der Waals surface area (Å²) < 4.78 is 0. The number of likely N-dealkylation sites (N-methyl/N-ethyl adjacent to an activating group) is 1. The molecule has 3 nitrogen and oxygen atoms in total. The minimum Gasteiger partial charge on any atom is -0.313 e. The average Bonchev–Trinajstić information content (AvgIpc) is 3.48. The van der Waals surface area contributed by atoms with Crippen molar-refractivity contribution in [3.8, 4) is 0 Å². The van der Waals surface area contributed by atoms with Gasteiger partial charge in [0.25, 0.3) is 0 Å². The Morgan fingerprint density at radius 2 is 1.83 bits per heavy atom. The van der Waals surface area contributed by atoms with Crippen LogP contribution in [0.1, 0.15) is 44.6 Å². The third kappa shape index (κ3) is 3.54. The van der Waals surface area contributed by atoms with Crippen molar-refractivity contribution in [1.29, 1.82) is 0 Å². The van der Waals surface area contributed by atoms with Gasteiger partial charge in [0.1, 0.15) is 0 Å². The van der Waals surface area contributed by atoms with Crippen LogP contribution >= 0.6 is 0 Å². The number of hydrogen-bond acceptors (Lipinski definition) is 3. The summed E-state index contributed by atoms with van der Waals surface area (Å²) in [5.41, 5.74) is 2.08.